The molecular weight excluding hydrogens is 210 g/mol. The first-order valence-electron chi connectivity index (χ1n) is 6.90. The topological polar surface area (TPSA) is 25.5 Å². The van der Waals surface area contributed by atoms with Crippen LogP contribution in [0.15, 0.2) is 27.8 Å². The van der Waals surface area contributed by atoms with Gasteiger partial charge in [0.15, 0.2) is 0 Å². The molecule has 4 saturated carbocycles. The normalized spacial score (nSPS) is 43.6. The smallest absolute Gasteiger partial charge is 0.144 e. The maximum atomic E-state index is 5.35. The van der Waals surface area contributed by atoms with E-state index in [0.717, 1.165) is 23.5 Å². The Balaban J connectivity index is 1.60. The van der Waals surface area contributed by atoms with Crippen molar-refractivity contribution in [3.63, 3.8) is 0 Å². The molecule has 0 amide bonds. The fraction of sp³-hybridized carbons (Fsp3) is 0.667. The predicted molar refractivity (Wildman–Crippen MR) is 67.2 cm³/mol. The van der Waals surface area contributed by atoms with Crippen LogP contribution in [0.5, 0.6) is 0 Å². The van der Waals surface area contributed by atoms with Gasteiger partial charge in [-0.2, -0.15) is 0 Å². The van der Waals surface area contributed by atoms with E-state index in [1.165, 1.54) is 38.5 Å². The molecule has 90 valence electrons. The molecule has 2 heteroatoms. The predicted octanol–water partition coefficient (Wildman–Crippen LogP) is 3.67. The molecule has 4 aliphatic carbocycles. The van der Waals surface area contributed by atoms with Gasteiger partial charge in [0.1, 0.15) is 5.76 Å². The van der Waals surface area contributed by atoms with Crippen molar-refractivity contribution in [1.82, 2.24) is 0 Å². The molecule has 0 spiro atoms. The van der Waals surface area contributed by atoms with Crippen molar-refractivity contribution < 1.29 is 4.42 Å². The molecule has 0 unspecified atom stereocenters. The number of hydrogen-bond acceptors (Lipinski definition) is 2. The van der Waals surface area contributed by atoms with E-state index in [9.17, 15) is 0 Å². The molecule has 0 atom stereocenters. The second-order valence-corrected chi connectivity index (χ2v) is 6.42. The van der Waals surface area contributed by atoms with E-state index in [0.29, 0.717) is 0 Å². The van der Waals surface area contributed by atoms with Crippen LogP contribution < -0.4 is 0 Å². The van der Waals surface area contributed by atoms with Gasteiger partial charge in [0.05, 0.1) is 18.0 Å². The van der Waals surface area contributed by atoms with Gasteiger partial charge in [-0.1, -0.05) is 0 Å². The molecular formula is C15H19NO. The van der Waals surface area contributed by atoms with Crippen molar-refractivity contribution >= 4 is 6.21 Å². The average molecular weight is 229 g/mol. The molecule has 0 radical (unpaired) electrons. The molecule has 1 heterocycles. The minimum atomic E-state index is 0.279. The maximum absolute atomic E-state index is 5.35. The van der Waals surface area contributed by atoms with Crippen LogP contribution in [0.2, 0.25) is 0 Å². The summed E-state index contributed by atoms with van der Waals surface area (Å²) in [5.41, 5.74) is 0.279. The van der Waals surface area contributed by atoms with E-state index in [1.807, 2.05) is 18.3 Å². The van der Waals surface area contributed by atoms with Crippen molar-refractivity contribution in [2.24, 2.45) is 22.7 Å². The Labute approximate surface area is 102 Å². The van der Waals surface area contributed by atoms with Crippen LogP contribution in [-0.4, -0.2) is 11.8 Å². The number of rotatable bonds is 2. The van der Waals surface area contributed by atoms with Crippen LogP contribution in [0, 0.1) is 17.8 Å². The number of hydrogen-bond donors (Lipinski definition) is 0. The summed E-state index contributed by atoms with van der Waals surface area (Å²) in [5.74, 6) is 3.81. The van der Waals surface area contributed by atoms with Gasteiger partial charge in [-0.05, 0) is 68.4 Å². The van der Waals surface area contributed by atoms with Crippen LogP contribution in [0.3, 0.4) is 0 Å². The lowest BCUT2D eigenvalue weighted by atomic mass is 9.53. The quantitative estimate of drug-likeness (QED) is 0.710. The van der Waals surface area contributed by atoms with Gasteiger partial charge in [0.25, 0.3) is 0 Å². The van der Waals surface area contributed by atoms with Gasteiger partial charge in [0, 0.05) is 0 Å². The first-order valence-corrected chi connectivity index (χ1v) is 6.90. The number of nitrogens with zero attached hydrogens (tertiary/aromatic N) is 1. The van der Waals surface area contributed by atoms with Gasteiger partial charge < -0.3 is 4.42 Å². The molecule has 5 rings (SSSR count). The highest BCUT2D eigenvalue weighted by molar-refractivity contribution is 5.76. The second kappa shape index (κ2) is 3.47. The lowest BCUT2D eigenvalue weighted by molar-refractivity contribution is 0.00190. The molecule has 1 aromatic rings. The first-order chi connectivity index (χ1) is 8.31. The average Bonchev–Trinajstić information content (AvgIpc) is 2.77. The van der Waals surface area contributed by atoms with E-state index < -0.39 is 0 Å². The Kier molecular flexibility index (Phi) is 2.03. The Morgan fingerprint density at radius 3 is 2.29 bits per heavy atom. The zero-order chi connectivity index (χ0) is 11.3. The van der Waals surface area contributed by atoms with Crippen LogP contribution in [0.4, 0.5) is 0 Å². The third-order valence-electron chi connectivity index (χ3n) is 5.01. The van der Waals surface area contributed by atoms with Gasteiger partial charge in [-0.25, -0.2) is 0 Å². The van der Waals surface area contributed by atoms with Gasteiger partial charge in [-0.15, -0.1) is 0 Å². The summed E-state index contributed by atoms with van der Waals surface area (Å²) in [6.45, 7) is 0. The number of aliphatic imine (C=N–C) groups is 1. The van der Waals surface area contributed by atoms with Crippen LogP contribution in [0.25, 0.3) is 0 Å². The van der Waals surface area contributed by atoms with Crippen molar-refractivity contribution in [3.8, 4) is 0 Å². The summed E-state index contributed by atoms with van der Waals surface area (Å²) in [7, 11) is 0. The van der Waals surface area contributed by atoms with E-state index >= 15 is 0 Å². The summed E-state index contributed by atoms with van der Waals surface area (Å²) in [5, 5.41) is 0. The fourth-order valence-electron chi connectivity index (χ4n) is 4.79. The van der Waals surface area contributed by atoms with E-state index in [2.05, 4.69) is 0 Å². The third-order valence-corrected chi connectivity index (χ3v) is 5.01. The lowest BCUT2D eigenvalue weighted by Gasteiger charge is -2.54. The van der Waals surface area contributed by atoms with E-state index in [1.54, 1.807) is 6.26 Å². The van der Waals surface area contributed by atoms with Crippen molar-refractivity contribution in [2.45, 2.75) is 44.1 Å². The standard InChI is InChI=1S/C15H19NO/c1-2-14(17-3-1)10-16-15-7-11-4-12(8-15)6-13(5-11)9-15/h1-3,10-13H,4-9H2. The molecule has 0 aliphatic heterocycles. The number of furan rings is 1. The molecule has 0 aromatic carbocycles. The van der Waals surface area contributed by atoms with Crippen molar-refractivity contribution in [1.29, 1.82) is 0 Å². The molecule has 4 aliphatic rings. The highest BCUT2D eigenvalue weighted by Gasteiger charge is 2.50. The Bertz CT molecular complexity index is 396. The Morgan fingerprint density at radius 2 is 1.76 bits per heavy atom. The summed E-state index contributed by atoms with van der Waals surface area (Å²) < 4.78 is 5.35. The van der Waals surface area contributed by atoms with Gasteiger partial charge in [-0.3, -0.25) is 4.99 Å². The van der Waals surface area contributed by atoms with Crippen molar-refractivity contribution in [3.05, 3.63) is 24.2 Å². The monoisotopic (exact) mass is 229 g/mol. The van der Waals surface area contributed by atoms with Gasteiger partial charge >= 0.3 is 0 Å². The summed E-state index contributed by atoms with van der Waals surface area (Å²) in [4.78, 5) is 4.94. The summed E-state index contributed by atoms with van der Waals surface area (Å²) in [6, 6.07) is 3.92. The first kappa shape index (κ1) is 9.93. The molecule has 0 saturated heterocycles. The Hall–Kier alpha value is -1.05. The SMILES string of the molecule is C(=NC12CC3CC(CC(C3)C1)C2)c1ccco1. The maximum Gasteiger partial charge on any atom is 0.144 e. The molecule has 2 nitrogen and oxygen atoms in total. The minimum Gasteiger partial charge on any atom is -0.463 e. The lowest BCUT2D eigenvalue weighted by Crippen LogP contribution is -2.49. The van der Waals surface area contributed by atoms with E-state index in [4.69, 9.17) is 9.41 Å². The third kappa shape index (κ3) is 1.65. The molecule has 17 heavy (non-hydrogen) atoms. The molecule has 4 bridgehead atoms. The highest BCUT2D eigenvalue weighted by Crippen LogP contribution is 2.57. The zero-order valence-corrected chi connectivity index (χ0v) is 10.1. The van der Waals surface area contributed by atoms with Crippen LogP contribution >= 0.6 is 0 Å². The minimum absolute atomic E-state index is 0.279. The highest BCUT2D eigenvalue weighted by atomic mass is 16.3. The van der Waals surface area contributed by atoms with Gasteiger partial charge in [0.2, 0.25) is 0 Å². The van der Waals surface area contributed by atoms with E-state index in [-0.39, 0.29) is 5.54 Å². The fourth-order valence-corrected chi connectivity index (χ4v) is 4.79. The molecule has 1 aromatic heterocycles. The Morgan fingerprint density at radius 1 is 1.12 bits per heavy atom. The van der Waals surface area contributed by atoms with Crippen molar-refractivity contribution in [2.75, 3.05) is 0 Å². The van der Waals surface area contributed by atoms with Crippen LogP contribution in [-0.2, 0) is 0 Å². The molecule has 0 N–H and O–H groups in total. The summed E-state index contributed by atoms with van der Waals surface area (Å²) in [6.07, 6.45) is 12.1. The molecule has 4 fully saturated rings. The summed E-state index contributed by atoms with van der Waals surface area (Å²) >= 11 is 0. The van der Waals surface area contributed by atoms with Crippen LogP contribution in [0.1, 0.15) is 44.3 Å². The zero-order valence-electron chi connectivity index (χ0n) is 10.1. The largest absolute Gasteiger partial charge is 0.463 e. The second-order valence-electron chi connectivity index (χ2n) is 6.42.